The minimum atomic E-state index is 0.0680. The molecule has 1 aliphatic heterocycles. The molecule has 1 heterocycles. The highest BCUT2D eigenvalue weighted by Gasteiger charge is 2.17. The van der Waals surface area contributed by atoms with E-state index in [2.05, 4.69) is 0 Å². The molecule has 0 bridgehead atoms. The lowest BCUT2D eigenvalue weighted by molar-refractivity contribution is -0.116. The molecule has 0 N–H and O–H groups in total. The Bertz CT molecular complexity index is 239. The van der Waals surface area contributed by atoms with Crippen LogP contribution in [0.2, 0.25) is 0 Å². The van der Waals surface area contributed by atoms with Crippen molar-refractivity contribution in [3.05, 3.63) is 12.2 Å². The highest BCUT2D eigenvalue weighted by atomic mass is 32.1. The van der Waals surface area contributed by atoms with Gasteiger partial charge in [0.25, 0.3) is 0 Å². The Balaban J connectivity index is 2.66. The second kappa shape index (κ2) is 3.19. The molecule has 4 heteroatoms. The predicted molar refractivity (Wildman–Crippen MR) is 51.7 cm³/mol. The molecule has 0 saturated heterocycles. The van der Waals surface area contributed by atoms with E-state index in [-0.39, 0.29) is 5.78 Å². The van der Waals surface area contributed by atoms with Crippen molar-refractivity contribution in [2.24, 2.45) is 0 Å². The van der Waals surface area contributed by atoms with E-state index in [1.807, 2.05) is 0 Å². The maximum atomic E-state index is 10.7. The third-order valence-electron chi connectivity index (χ3n) is 1.28. The van der Waals surface area contributed by atoms with Crippen molar-refractivity contribution in [1.29, 1.82) is 0 Å². The van der Waals surface area contributed by atoms with Crippen LogP contribution in [-0.2, 0) is 4.79 Å². The van der Waals surface area contributed by atoms with Crippen LogP contribution in [0.4, 0.5) is 0 Å². The van der Waals surface area contributed by atoms with Crippen molar-refractivity contribution in [1.82, 2.24) is 4.90 Å². The zero-order valence-electron chi connectivity index (χ0n) is 6.03. The summed E-state index contributed by atoms with van der Waals surface area (Å²) >= 11 is 9.87. The third-order valence-corrected chi connectivity index (χ3v) is 1.99. The first-order valence-electron chi connectivity index (χ1n) is 3.14. The number of hydrogen-bond acceptors (Lipinski definition) is 3. The molecule has 2 nitrogen and oxygen atoms in total. The van der Waals surface area contributed by atoms with Gasteiger partial charge < -0.3 is 4.90 Å². The van der Waals surface area contributed by atoms with E-state index in [4.69, 9.17) is 24.4 Å². The minimum Gasteiger partial charge on any atom is -0.316 e. The smallest absolute Gasteiger partial charge is 0.149 e. The molecule has 0 unspecified atom stereocenters. The van der Waals surface area contributed by atoms with Crippen molar-refractivity contribution < 1.29 is 4.79 Å². The van der Waals surface area contributed by atoms with Crippen LogP contribution in [-0.4, -0.2) is 27.2 Å². The van der Waals surface area contributed by atoms with E-state index < -0.39 is 0 Å². The molecular weight excluding hydrogens is 178 g/mol. The van der Waals surface area contributed by atoms with E-state index in [1.165, 1.54) is 6.92 Å². The van der Waals surface area contributed by atoms with Crippen molar-refractivity contribution in [2.75, 3.05) is 6.54 Å². The number of hydrogen-bond donors (Lipinski definition) is 0. The number of carbonyl (C=O) groups excluding carboxylic acids is 1. The average Bonchev–Trinajstić information content (AvgIpc) is 2.18. The summed E-state index contributed by atoms with van der Waals surface area (Å²) in [6.45, 7) is 1.81. The lowest BCUT2D eigenvalue weighted by atomic mass is 10.4. The lowest BCUT2D eigenvalue weighted by Crippen LogP contribution is -2.32. The Hall–Kier alpha value is -0.610. The molecule has 0 aromatic rings. The summed E-state index contributed by atoms with van der Waals surface area (Å²) in [6.07, 6.45) is 3.47. The van der Waals surface area contributed by atoms with Gasteiger partial charge >= 0.3 is 0 Å². The Kier molecular flexibility index (Phi) is 2.46. The Labute approximate surface area is 75.9 Å². The zero-order valence-corrected chi connectivity index (χ0v) is 7.67. The van der Waals surface area contributed by atoms with E-state index in [0.717, 1.165) is 0 Å². The fourth-order valence-corrected chi connectivity index (χ4v) is 1.33. The van der Waals surface area contributed by atoms with Crippen LogP contribution in [0.1, 0.15) is 6.92 Å². The first-order chi connectivity index (χ1) is 5.11. The first kappa shape index (κ1) is 8.49. The molecule has 11 heavy (non-hydrogen) atoms. The van der Waals surface area contributed by atoms with Gasteiger partial charge in [0.05, 0.1) is 6.54 Å². The summed E-state index contributed by atoms with van der Waals surface area (Å²) in [4.78, 5) is 13.6. The van der Waals surface area contributed by atoms with Crippen LogP contribution < -0.4 is 0 Å². The quantitative estimate of drug-likeness (QED) is 0.600. The van der Waals surface area contributed by atoms with Gasteiger partial charge in [0.15, 0.2) is 0 Å². The van der Waals surface area contributed by atoms with Crippen LogP contribution in [0.15, 0.2) is 12.2 Å². The number of rotatable bonds is 2. The summed E-state index contributed by atoms with van der Waals surface area (Å²) in [7, 11) is 0. The van der Waals surface area contributed by atoms with Crippen molar-refractivity contribution >= 4 is 40.2 Å². The van der Waals surface area contributed by atoms with Crippen molar-refractivity contribution in [2.45, 2.75) is 6.92 Å². The van der Waals surface area contributed by atoms with Crippen molar-refractivity contribution in [3.63, 3.8) is 0 Å². The van der Waals surface area contributed by atoms with Gasteiger partial charge in [-0.25, -0.2) is 0 Å². The summed E-state index contributed by atoms with van der Waals surface area (Å²) < 4.78 is 0. The molecule has 0 aliphatic carbocycles. The second-order valence-electron chi connectivity index (χ2n) is 2.30. The summed E-state index contributed by atoms with van der Waals surface area (Å²) in [5.41, 5.74) is 0. The highest BCUT2D eigenvalue weighted by Crippen LogP contribution is 2.06. The van der Waals surface area contributed by atoms with Crippen molar-refractivity contribution in [3.8, 4) is 0 Å². The van der Waals surface area contributed by atoms with Crippen LogP contribution >= 0.6 is 24.4 Å². The predicted octanol–water partition coefficient (Wildman–Crippen LogP) is 1.10. The first-order valence-corrected chi connectivity index (χ1v) is 3.96. The molecule has 1 rings (SSSR count). The number of ketones is 1. The largest absolute Gasteiger partial charge is 0.316 e. The second-order valence-corrected chi connectivity index (χ2v) is 3.13. The number of Topliss-reactive ketones (excluding diaryl/α,β-unsaturated/α-hetero) is 1. The monoisotopic (exact) mass is 185 g/mol. The maximum absolute atomic E-state index is 10.7. The van der Waals surface area contributed by atoms with Gasteiger partial charge in [0.2, 0.25) is 0 Å². The molecule has 58 valence electrons. The summed E-state index contributed by atoms with van der Waals surface area (Å²) in [6, 6.07) is 0. The highest BCUT2D eigenvalue weighted by molar-refractivity contribution is 7.82. The Morgan fingerprint density at radius 3 is 2.27 bits per heavy atom. The standard InChI is InChI=1S/C7H7NOS2/c1-5(9)4-8-6(10)2-3-7(8)11/h2-3H,4H2,1H3. The number of thiocarbonyl (C=S) groups is 2. The van der Waals surface area contributed by atoms with E-state index in [9.17, 15) is 4.79 Å². The summed E-state index contributed by atoms with van der Waals surface area (Å²) in [5.74, 6) is 0.0680. The van der Waals surface area contributed by atoms with Gasteiger partial charge in [-0.2, -0.15) is 0 Å². The average molecular weight is 185 g/mol. The molecule has 1 aliphatic rings. The fraction of sp³-hybridized carbons (Fsp3) is 0.286. The number of nitrogens with zero attached hydrogens (tertiary/aromatic N) is 1. The topological polar surface area (TPSA) is 20.3 Å². The van der Waals surface area contributed by atoms with Gasteiger partial charge in [-0.15, -0.1) is 0 Å². The maximum Gasteiger partial charge on any atom is 0.149 e. The molecule has 0 atom stereocenters. The minimum absolute atomic E-state index is 0.0680. The molecule has 0 saturated carbocycles. The van der Waals surface area contributed by atoms with Gasteiger partial charge in [-0.3, -0.25) is 4.79 Å². The van der Waals surface area contributed by atoms with Gasteiger partial charge in [0, 0.05) is 0 Å². The van der Waals surface area contributed by atoms with Crippen LogP contribution in [0.5, 0.6) is 0 Å². The summed E-state index contributed by atoms with van der Waals surface area (Å²) in [5, 5.41) is 0. The molecule has 0 spiro atoms. The van der Waals surface area contributed by atoms with Gasteiger partial charge in [-0.05, 0) is 19.1 Å². The number of carbonyl (C=O) groups is 1. The normalized spacial score (nSPS) is 16.3. The third kappa shape index (κ3) is 1.91. The van der Waals surface area contributed by atoms with E-state index in [0.29, 0.717) is 16.5 Å². The molecule has 0 radical (unpaired) electrons. The molecular formula is C7H7NOS2. The van der Waals surface area contributed by atoms with E-state index >= 15 is 0 Å². The SMILES string of the molecule is CC(=O)CN1C(=S)C=CC1=S. The van der Waals surface area contributed by atoms with Crippen LogP contribution in [0.3, 0.4) is 0 Å². The van der Waals surface area contributed by atoms with Gasteiger partial charge in [0.1, 0.15) is 15.8 Å². The molecule has 0 amide bonds. The van der Waals surface area contributed by atoms with E-state index in [1.54, 1.807) is 17.1 Å². The van der Waals surface area contributed by atoms with Crippen LogP contribution in [0, 0.1) is 0 Å². The fourth-order valence-electron chi connectivity index (χ4n) is 0.810. The lowest BCUT2D eigenvalue weighted by Gasteiger charge is -2.15. The van der Waals surface area contributed by atoms with Crippen LogP contribution in [0.25, 0.3) is 0 Å². The Morgan fingerprint density at radius 2 is 1.91 bits per heavy atom. The molecule has 0 fully saturated rings. The Morgan fingerprint density at radius 1 is 1.45 bits per heavy atom. The zero-order chi connectivity index (χ0) is 8.43. The van der Waals surface area contributed by atoms with Gasteiger partial charge in [-0.1, -0.05) is 24.4 Å². The molecule has 0 aromatic heterocycles. The molecule has 0 aromatic carbocycles.